The van der Waals surface area contributed by atoms with E-state index in [-0.39, 0.29) is 10.6 Å². The number of sulfonamides is 1. The number of nitro benzene ring substituents is 1. The summed E-state index contributed by atoms with van der Waals surface area (Å²) in [7, 11) is -3.82. The van der Waals surface area contributed by atoms with E-state index in [1.165, 1.54) is 6.07 Å². The van der Waals surface area contributed by atoms with Crippen LogP contribution in [0, 0.1) is 17.0 Å². The second-order valence-electron chi connectivity index (χ2n) is 5.81. The van der Waals surface area contributed by atoms with Crippen LogP contribution in [0.15, 0.2) is 17.0 Å². The quantitative estimate of drug-likeness (QED) is 0.501. The highest BCUT2D eigenvalue weighted by molar-refractivity contribution is 7.89. The van der Waals surface area contributed by atoms with Crippen molar-refractivity contribution >= 4 is 21.4 Å². The van der Waals surface area contributed by atoms with Gasteiger partial charge in [-0.2, -0.15) is 0 Å². The van der Waals surface area contributed by atoms with Gasteiger partial charge in [0.15, 0.2) is 0 Å². The molecule has 1 fully saturated rings. The smallest absolute Gasteiger partial charge is 0.293 e. The van der Waals surface area contributed by atoms with Crippen LogP contribution in [-0.4, -0.2) is 18.9 Å². The van der Waals surface area contributed by atoms with Crippen LogP contribution in [0.1, 0.15) is 38.2 Å². The first-order valence-corrected chi connectivity index (χ1v) is 8.21. The molecule has 0 saturated heterocycles. The minimum Gasteiger partial charge on any atom is -0.393 e. The molecule has 7 nitrogen and oxygen atoms in total. The largest absolute Gasteiger partial charge is 0.393 e. The first-order chi connectivity index (χ1) is 9.65. The molecule has 8 heteroatoms. The molecule has 3 N–H and O–H groups in total. The number of hydrogen-bond acceptors (Lipinski definition) is 5. The maximum absolute atomic E-state index is 12.5. The number of hydrogen-bond donors (Lipinski definition) is 2. The number of aryl methyl sites for hydroxylation is 1. The van der Waals surface area contributed by atoms with Crippen LogP contribution in [0.2, 0.25) is 0 Å². The summed E-state index contributed by atoms with van der Waals surface area (Å²) in [6.07, 6.45) is 3.48. The van der Waals surface area contributed by atoms with Crippen molar-refractivity contribution in [1.82, 2.24) is 4.72 Å². The van der Waals surface area contributed by atoms with Crippen molar-refractivity contribution in [1.29, 1.82) is 0 Å². The molecule has 0 atom stereocenters. The standard InChI is InChI=1S/C13H19N3O4S/c1-9-7-10(14)11(16(17)18)8-12(9)21(19,20)15-13(2)5-3-4-6-13/h7-8,15H,3-6,14H2,1-2H3. The molecule has 0 unspecified atom stereocenters. The Labute approximate surface area is 123 Å². The number of nitrogens with zero attached hydrogens (tertiary/aromatic N) is 1. The predicted molar refractivity (Wildman–Crippen MR) is 79.4 cm³/mol. The third kappa shape index (κ3) is 3.16. The van der Waals surface area contributed by atoms with Gasteiger partial charge in [0.05, 0.1) is 9.82 Å². The lowest BCUT2D eigenvalue weighted by molar-refractivity contribution is -0.384. The molecule has 2 rings (SSSR count). The van der Waals surface area contributed by atoms with E-state index >= 15 is 0 Å². The molecule has 1 aromatic carbocycles. The highest BCUT2D eigenvalue weighted by atomic mass is 32.2. The molecule has 0 radical (unpaired) electrons. The van der Waals surface area contributed by atoms with Crippen molar-refractivity contribution in [3.05, 3.63) is 27.8 Å². The first-order valence-electron chi connectivity index (χ1n) is 6.73. The van der Waals surface area contributed by atoms with Gasteiger partial charge in [0.25, 0.3) is 5.69 Å². The van der Waals surface area contributed by atoms with Crippen LogP contribution in [0.4, 0.5) is 11.4 Å². The lowest BCUT2D eigenvalue weighted by Gasteiger charge is -2.25. The molecule has 1 aromatic rings. The Hall–Kier alpha value is -1.67. The van der Waals surface area contributed by atoms with Crippen molar-refractivity contribution in [3.8, 4) is 0 Å². The lowest BCUT2D eigenvalue weighted by Crippen LogP contribution is -2.43. The van der Waals surface area contributed by atoms with Gasteiger partial charge in [0.2, 0.25) is 10.0 Å². The second kappa shape index (κ2) is 5.27. The van der Waals surface area contributed by atoms with E-state index in [0.29, 0.717) is 5.56 Å². The number of nitrogens with one attached hydrogen (secondary N) is 1. The summed E-state index contributed by atoms with van der Waals surface area (Å²) in [5.41, 5.74) is 5.05. The Bertz CT molecular complexity index is 679. The van der Waals surface area contributed by atoms with Crippen LogP contribution in [0.3, 0.4) is 0 Å². The van der Waals surface area contributed by atoms with Gasteiger partial charge in [0.1, 0.15) is 5.69 Å². The van der Waals surface area contributed by atoms with E-state index in [2.05, 4.69) is 4.72 Å². The fourth-order valence-corrected chi connectivity index (χ4v) is 4.50. The van der Waals surface area contributed by atoms with Gasteiger partial charge in [-0.15, -0.1) is 0 Å². The van der Waals surface area contributed by atoms with Gasteiger partial charge >= 0.3 is 0 Å². The van der Waals surface area contributed by atoms with Crippen LogP contribution < -0.4 is 10.5 Å². The molecule has 1 aliphatic rings. The third-order valence-corrected chi connectivity index (χ3v) is 5.68. The third-order valence-electron chi connectivity index (χ3n) is 3.90. The van der Waals surface area contributed by atoms with E-state index in [1.54, 1.807) is 6.92 Å². The van der Waals surface area contributed by atoms with Gasteiger partial charge in [-0.1, -0.05) is 12.8 Å². The zero-order chi connectivity index (χ0) is 15.8. The lowest BCUT2D eigenvalue weighted by atomic mass is 10.0. The summed E-state index contributed by atoms with van der Waals surface area (Å²) in [6, 6.07) is 2.36. The van der Waals surface area contributed by atoms with Gasteiger partial charge in [-0.25, -0.2) is 13.1 Å². The number of rotatable bonds is 4. The average Bonchev–Trinajstić information content (AvgIpc) is 2.73. The summed E-state index contributed by atoms with van der Waals surface area (Å²) >= 11 is 0. The minimum atomic E-state index is -3.82. The van der Waals surface area contributed by atoms with Gasteiger partial charge in [-0.05, 0) is 38.3 Å². The molecule has 0 spiro atoms. The fraction of sp³-hybridized carbons (Fsp3) is 0.538. The Morgan fingerprint density at radius 2 is 1.90 bits per heavy atom. The van der Waals surface area contributed by atoms with E-state index in [0.717, 1.165) is 31.7 Å². The number of nitro groups is 1. The minimum absolute atomic E-state index is 0.0384. The average molecular weight is 313 g/mol. The predicted octanol–water partition coefficient (Wildman–Crippen LogP) is 2.10. The van der Waals surface area contributed by atoms with Crippen molar-refractivity contribution in [2.45, 2.75) is 50.0 Å². The Balaban J connectivity index is 2.44. The molecule has 0 amide bonds. The topological polar surface area (TPSA) is 115 Å². The first kappa shape index (κ1) is 15.7. The SMILES string of the molecule is Cc1cc(N)c([N+](=O)[O-])cc1S(=O)(=O)NC1(C)CCCC1. The Morgan fingerprint density at radius 1 is 1.33 bits per heavy atom. The highest BCUT2D eigenvalue weighted by Crippen LogP contribution is 2.33. The summed E-state index contributed by atoms with van der Waals surface area (Å²) in [6.45, 7) is 3.43. The van der Waals surface area contributed by atoms with E-state index in [9.17, 15) is 18.5 Å². The molecular formula is C13H19N3O4S. The summed E-state index contributed by atoms with van der Waals surface area (Å²) in [5, 5.41) is 10.9. The number of nitrogens with two attached hydrogens (primary N) is 1. The van der Waals surface area contributed by atoms with Crippen molar-refractivity contribution in [2.75, 3.05) is 5.73 Å². The van der Waals surface area contributed by atoms with E-state index < -0.39 is 26.2 Å². The molecule has 0 heterocycles. The number of benzene rings is 1. The van der Waals surface area contributed by atoms with E-state index in [4.69, 9.17) is 5.73 Å². The summed E-state index contributed by atoms with van der Waals surface area (Å²) in [5.74, 6) is 0. The van der Waals surface area contributed by atoms with Crippen LogP contribution in [0.25, 0.3) is 0 Å². The highest BCUT2D eigenvalue weighted by Gasteiger charge is 2.34. The zero-order valence-electron chi connectivity index (χ0n) is 12.0. The number of anilines is 1. The van der Waals surface area contributed by atoms with Gasteiger partial charge in [0, 0.05) is 11.6 Å². The molecule has 1 aliphatic carbocycles. The second-order valence-corrected chi connectivity index (χ2v) is 7.46. The van der Waals surface area contributed by atoms with Crippen LogP contribution in [0.5, 0.6) is 0 Å². The molecular weight excluding hydrogens is 294 g/mol. The van der Waals surface area contributed by atoms with Gasteiger partial charge < -0.3 is 5.73 Å². The molecule has 0 aliphatic heterocycles. The zero-order valence-corrected chi connectivity index (χ0v) is 12.9. The molecule has 21 heavy (non-hydrogen) atoms. The summed E-state index contributed by atoms with van der Waals surface area (Å²) in [4.78, 5) is 10.2. The maximum atomic E-state index is 12.5. The van der Waals surface area contributed by atoms with Crippen LogP contribution >= 0.6 is 0 Å². The number of nitrogen functional groups attached to an aromatic ring is 1. The van der Waals surface area contributed by atoms with Crippen molar-refractivity contribution in [2.24, 2.45) is 0 Å². The maximum Gasteiger partial charge on any atom is 0.293 e. The summed E-state index contributed by atoms with van der Waals surface area (Å²) < 4.78 is 27.7. The molecule has 1 saturated carbocycles. The van der Waals surface area contributed by atoms with Crippen molar-refractivity contribution in [3.63, 3.8) is 0 Å². The Kier molecular flexibility index (Phi) is 3.94. The molecule has 116 valence electrons. The Morgan fingerprint density at radius 3 is 2.43 bits per heavy atom. The van der Waals surface area contributed by atoms with Crippen LogP contribution in [-0.2, 0) is 10.0 Å². The molecule has 0 bridgehead atoms. The fourth-order valence-electron chi connectivity index (χ4n) is 2.78. The van der Waals surface area contributed by atoms with Crippen molar-refractivity contribution < 1.29 is 13.3 Å². The molecule has 0 aromatic heterocycles. The van der Waals surface area contributed by atoms with Gasteiger partial charge in [-0.3, -0.25) is 10.1 Å². The van der Waals surface area contributed by atoms with E-state index in [1.807, 2.05) is 6.92 Å². The normalized spacial score (nSPS) is 17.8. The monoisotopic (exact) mass is 313 g/mol.